The molecule has 288 valence electrons. The van der Waals surface area contributed by atoms with Crippen LogP contribution < -0.4 is 0 Å². The second-order valence-electron chi connectivity index (χ2n) is 10.6. The lowest BCUT2D eigenvalue weighted by Gasteiger charge is -2.51. The van der Waals surface area contributed by atoms with Crippen LogP contribution in [0.25, 0.3) is 0 Å². The summed E-state index contributed by atoms with van der Waals surface area (Å²) in [4.78, 5) is 157. The molecule has 3 aliphatic heterocycles. The van der Waals surface area contributed by atoms with Crippen molar-refractivity contribution in [2.45, 2.75) is 93.3 Å². The number of carbonyl (C=O) groups is 10. The zero-order valence-corrected chi connectivity index (χ0v) is 26.1. The summed E-state index contributed by atoms with van der Waals surface area (Å²) in [5.41, 5.74) is -3.90. The van der Waals surface area contributed by atoms with E-state index in [0.29, 0.717) is 0 Å². The number of aliphatic hydroxyl groups excluding tert-OH is 4. The summed E-state index contributed by atoms with van der Waals surface area (Å²) in [5, 5.41) is 52.5. The summed E-state index contributed by atoms with van der Waals surface area (Å²) >= 11 is 0. The van der Waals surface area contributed by atoms with Crippen LogP contribution in [0.3, 0.4) is 0 Å². The van der Waals surface area contributed by atoms with E-state index in [1.807, 2.05) is 0 Å². The monoisotopic (exact) mass is 756 g/mol. The Morgan fingerprint density at radius 2 is 1.13 bits per heavy atom. The van der Waals surface area contributed by atoms with E-state index in [-0.39, 0.29) is 0 Å². The Labute approximate surface area is 286 Å². The highest BCUT2D eigenvalue weighted by molar-refractivity contribution is 5.91. The van der Waals surface area contributed by atoms with Gasteiger partial charge in [-0.05, 0) is 0 Å². The van der Waals surface area contributed by atoms with E-state index in [2.05, 4.69) is 39.1 Å². The zero-order chi connectivity index (χ0) is 38.8. The SMILES string of the molecule is O=C1CCC(=O)OOC(=O)C(OC(=O)CCC(=O)OC2(C3(O)O[C@H](CO)[C@@H](O)[C@H](O)[C@H]3O)CC(=O)OOC(=O)CCC(=O)OOC2=O)CC(=O)OO1. The van der Waals surface area contributed by atoms with Gasteiger partial charge in [-0.15, -0.1) is 0 Å². The first-order valence-electron chi connectivity index (χ1n) is 14.5. The van der Waals surface area contributed by atoms with Crippen molar-refractivity contribution in [2.75, 3.05) is 6.61 Å². The van der Waals surface area contributed by atoms with E-state index < -0.39 is 160 Å². The summed E-state index contributed by atoms with van der Waals surface area (Å²) < 4.78 is 14.7. The lowest BCUT2D eigenvalue weighted by molar-refractivity contribution is -0.400. The van der Waals surface area contributed by atoms with E-state index in [4.69, 9.17) is 14.2 Å². The van der Waals surface area contributed by atoms with Gasteiger partial charge in [0, 0.05) is 0 Å². The highest BCUT2D eigenvalue weighted by Crippen LogP contribution is 2.42. The molecular formula is C26H28O26. The van der Waals surface area contributed by atoms with Crippen LogP contribution in [0.5, 0.6) is 0 Å². The Morgan fingerprint density at radius 3 is 1.69 bits per heavy atom. The van der Waals surface area contributed by atoms with E-state index in [1.54, 1.807) is 0 Å². The number of ether oxygens (including phenoxy) is 3. The highest BCUT2D eigenvalue weighted by atomic mass is 17.2. The first kappa shape index (κ1) is 40.9. The summed E-state index contributed by atoms with van der Waals surface area (Å²) in [6.45, 7) is -1.28. The third kappa shape index (κ3) is 10.0. The molecule has 0 amide bonds. The first-order chi connectivity index (χ1) is 24.4. The van der Waals surface area contributed by atoms with Crippen LogP contribution in [-0.4, -0.2) is 134 Å². The summed E-state index contributed by atoms with van der Waals surface area (Å²) in [5.74, 6) is -20.0. The van der Waals surface area contributed by atoms with E-state index >= 15 is 0 Å². The average molecular weight is 756 g/mol. The van der Waals surface area contributed by atoms with Gasteiger partial charge in [0.05, 0.1) is 51.6 Å². The van der Waals surface area contributed by atoms with Crippen molar-refractivity contribution < 1.29 is 127 Å². The van der Waals surface area contributed by atoms with Gasteiger partial charge in [-0.25, -0.2) is 77.5 Å². The molecule has 0 radical (unpaired) electrons. The van der Waals surface area contributed by atoms with Crippen molar-refractivity contribution in [1.29, 1.82) is 0 Å². The van der Waals surface area contributed by atoms with Gasteiger partial charge in [-0.2, -0.15) is 0 Å². The third-order valence-corrected chi connectivity index (χ3v) is 6.93. The molecule has 3 heterocycles. The molecule has 0 aromatic heterocycles. The van der Waals surface area contributed by atoms with E-state index in [0.717, 1.165) is 0 Å². The molecular weight excluding hydrogens is 728 g/mol. The van der Waals surface area contributed by atoms with Gasteiger partial charge >= 0.3 is 59.7 Å². The van der Waals surface area contributed by atoms with Crippen molar-refractivity contribution in [3.8, 4) is 0 Å². The maximum atomic E-state index is 13.4. The Morgan fingerprint density at radius 1 is 0.654 bits per heavy atom. The van der Waals surface area contributed by atoms with E-state index in [1.165, 1.54) is 0 Å². The van der Waals surface area contributed by atoms with Crippen LogP contribution in [0.4, 0.5) is 0 Å². The summed E-state index contributed by atoms with van der Waals surface area (Å²) in [7, 11) is 0. The Hall–Kier alpha value is -5.54. The number of hydrogen-bond acceptors (Lipinski definition) is 26. The summed E-state index contributed by atoms with van der Waals surface area (Å²) in [6.07, 6.45) is -20.7. The molecule has 7 atom stereocenters. The molecule has 3 fully saturated rings. The number of aliphatic hydroxyl groups is 5. The second-order valence-corrected chi connectivity index (χ2v) is 10.6. The standard InChI is InChI=1S/C26H28O26/c27-9-11-20(36)21(37)22(38)26(41,43-11)25(8-19(35)50-46-15(31)4-6-17(33)48-52-24(25)40)44-13(29)2-1-12(28)42-10-7-18(34)49-45-14(30)3-5-16(32)47-51-23(10)39/h10-11,20-22,27,36-38,41H,1-9H2/t10?,11-,20-,21+,22-,25?,26?/m1/s1. The minimum Gasteiger partial charge on any atom is -0.449 e. The number of carbonyl (C=O) groups excluding carboxylic acids is 10. The van der Waals surface area contributed by atoms with Gasteiger partial charge in [0.25, 0.3) is 5.60 Å². The minimum absolute atomic E-state index is 0.649. The fourth-order valence-electron chi connectivity index (χ4n) is 4.30. The quantitative estimate of drug-likeness (QED) is 0.119. The van der Waals surface area contributed by atoms with Crippen LogP contribution >= 0.6 is 0 Å². The van der Waals surface area contributed by atoms with Crippen LogP contribution in [0.2, 0.25) is 0 Å². The molecule has 3 saturated heterocycles. The predicted octanol–water partition coefficient (Wildman–Crippen LogP) is -5.50. The molecule has 0 saturated carbocycles. The number of esters is 2. The van der Waals surface area contributed by atoms with Crippen LogP contribution in [0, 0.1) is 0 Å². The molecule has 0 aromatic carbocycles. The highest BCUT2D eigenvalue weighted by Gasteiger charge is 2.72. The molecule has 26 nitrogen and oxygen atoms in total. The fraction of sp³-hybridized carbons (Fsp3) is 0.615. The Kier molecular flexibility index (Phi) is 13.8. The topological polar surface area (TPSA) is 373 Å². The van der Waals surface area contributed by atoms with Crippen molar-refractivity contribution in [2.24, 2.45) is 0 Å². The third-order valence-electron chi connectivity index (χ3n) is 6.93. The fourth-order valence-corrected chi connectivity index (χ4v) is 4.30. The largest absolute Gasteiger partial charge is 0.449 e. The van der Waals surface area contributed by atoms with Crippen LogP contribution in [0.1, 0.15) is 51.4 Å². The molecule has 0 aliphatic carbocycles. The van der Waals surface area contributed by atoms with Crippen molar-refractivity contribution in [1.82, 2.24) is 0 Å². The Bertz CT molecular complexity index is 1450. The van der Waals surface area contributed by atoms with Crippen molar-refractivity contribution in [3.63, 3.8) is 0 Å². The molecule has 3 rings (SSSR count). The van der Waals surface area contributed by atoms with Crippen molar-refractivity contribution in [3.05, 3.63) is 0 Å². The zero-order valence-electron chi connectivity index (χ0n) is 26.1. The van der Waals surface area contributed by atoms with Crippen LogP contribution in [0.15, 0.2) is 0 Å². The molecule has 0 spiro atoms. The van der Waals surface area contributed by atoms with E-state index in [9.17, 15) is 73.5 Å². The average Bonchev–Trinajstić information content (AvgIpc) is 3.10. The van der Waals surface area contributed by atoms with Gasteiger partial charge in [0.2, 0.25) is 11.9 Å². The minimum atomic E-state index is -3.95. The summed E-state index contributed by atoms with van der Waals surface area (Å²) in [6, 6.07) is 0. The molecule has 52 heavy (non-hydrogen) atoms. The number of hydrogen-bond donors (Lipinski definition) is 5. The van der Waals surface area contributed by atoms with Crippen molar-refractivity contribution >= 4 is 59.7 Å². The van der Waals surface area contributed by atoms with Gasteiger partial charge in [0.15, 0.2) is 0 Å². The smallest absolute Gasteiger partial charge is 0.405 e. The van der Waals surface area contributed by atoms with Gasteiger partial charge in [0.1, 0.15) is 30.8 Å². The lowest BCUT2D eigenvalue weighted by Crippen LogP contribution is -2.77. The van der Waals surface area contributed by atoms with Gasteiger partial charge in [-0.1, -0.05) is 0 Å². The number of rotatable bonds is 7. The Balaban J connectivity index is 1.90. The molecule has 3 aliphatic rings. The first-order valence-corrected chi connectivity index (χ1v) is 14.5. The predicted molar refractivity (Wildman–Crippen MR) is 139 cm³/mol. The lowest BCUT2D eigenvalue weighted by atomic mass is 9.79. The molecule has 5 N–H and O–H groups in total. The maximum absolute atomic E-state index is 13.4. The maximum Gasteiger partial charge on any atom is 0.405 e. The molecule has 0 aromatic rings. The molecule has 0 bridgehead atoms. The van der Waals surface area contributed by atoms with Gasteiger partial charge in [-0.3, -0.25) is 9.59 Å². The second kappa shape index (κ2) is 17.6. The molecule has 26 heteroatoms. The molecule has 3 unspecified atom stereocenters. The normalized spacial score (nSPS) is 31.4. The van der Waals surface area contributed by atoms with Gasteiger partial charge < -0.3 is 39.7 Å². The van der Waals surface area contributed by atoms with Crippen LogP contribution in [-0.2, 0) is 101 Å².